The quantitative estimate of drug-likeness (QED) is 0.734. The molecule has 2 nitrogen and oxygen atoms in total. The zero-order valence-corrected chi connectivity index (χ0v) is 10.1. The summed E-state index contributed by atoms with van der Waals surface area (Å²) in [6.45, 7) is 5.72. The number of carboxylic acid groups (broad SMARTS) is 1. The Morgan fingerprint density at radius 1 is 1.50 bits per heavy atom. The Morgan fingerprint density at radius 2 is 2.12 bits per heavy atom. The number of aliphatic carboxylic acids is 1. The fourth-order valence-electron chi connectivity index (χ4n) is 3.71. The van der Waals surface area contributed by atoms with Gasteiger partial charge in [-0.15, -0.1) is 0 Å². The Labute approximate surface area is 95.5 Å². The summed E-state index contributed by atoms with van der Waals surface area (Å²) in [4.78, 5) is 10.9. The van der Waals surface area contributed by atoms with Crippen LogP contribution in [0.3, 0.4) is 0 Å². The first kappa shape index (κ1) is 11.6. The Bertz CT molecular complexity index is 359. The van der Waals surface area contributed by atoms with Gasteiger partial charge in [0.25, 0.3) is 0 Å². The topological polar surface area (TPSA) is 37.3 Å². The van der Waals surface area contributed by atoms with Crippen LogP contribution in [0.15, 0.2) is 11.6 Å². The third-order valence-corrected chi connectivity index (χ3v) is 4.99. The largest absolute Gasteiger partial charge is 0.478 e. The number of hydrogen-bond acceptors (Lipinski definition) is 1. The van der Waals surface area contributed by atoms with Crippen LogP contribution in [0.2, 0.25) is 0 Å². The zero-order valence-electron chi connectivity index (χ0n) is 10.1. The van der Waals surface area contributed by atoms with Gasteiger partial charge in [0.2, 0.25) is 0 Å². The minimum absolute atomic E-state index is 0.108. The molecule has 0 aliphatic heterocycles. The molecular formula is C13H19FO2. The van der Waals surface area contributed by atoms with Crippen molar-refractivity contribution in [3.8, 4) is 0 Å². The molecule has 0 aromatic heterocycles. The molecule has 3 unspecified atom stereocenters. The Kier molecular flexibility index (Phi) is 2.41. The maximum Gasteiger partial charge on any atom is 0.330 e. The highest BCUT2D eigenvalue weighted by Gasteiger charge is 2.63. The van der Waals surface area contributed by atoms with E-state index in [4.69, 9.17) is 5.11 Å². The number of fused-ring (bicyclic) bond motifs is 2. The minimum atomic E-state index is -0.937. The van der Waals surface area contributed by atoms with Gasteiger partial charge in [-0.05, 0) is 37.5 Å². The average Bonchev–Trinajstić information content (AvgIpc) is 2.51. The monoisotopic (exact) mass is 226 g/mol. The summed E-state index contributed by atoms with van der Waals surface area (Å²) in [6, 6.07) is 0. The minimum Gasteiger partial charge on any atom is -0.478 e. The van der Waals surface area contributed by atoms with Crippen molar-refractivity contribution in [2.75, 3.05) is 0 Å². The van der Waals surface area contributed by atoms with Crippen molar-refractivity contribution in [3.05, 3.63) is 11.6 Å². The molecule has 90 valence electrons. The van der Waals surface area contributed by atoms with E-state index in [1.807, 2.05) is 0 Å². The van der Waals surface area contributed by atoms with E-state index in [-0.39, 0.29) is 11.0 Å². The molecule has 3 heteroatoms. The first-order chi connectivity index (χ1) is 7.31. The fraction of sp³-hybridized carbons (Fsp3) is 0.769. The molecule has 0 amide bonds. The van der Waals surface area contributed by atoms with E-state index in [9.17, 15) is 9.18 Å². The second kappa shape index (κ2) is 3.31. The summed E-state index contributed by atoms with van der Waals surface area (Å²) in [5, 5.41) is 8.93. The normalized spacial score (nSPS) is 41.4. The standard InChI is InChI=1S/C13H19FO2/c1-8(11(15)16)7-13-5-4-9(6-10(13)14)12(13,2)3/h7,9-10H,4-6H2,1-3H3,(H,15,16)/b8-7+. The third-order valence-electron chi connectivity index (χ3n) is 4.99. The second-order valence-corrected chi connectivity index (χ2v) is 5.83. The first-order valence-corrected chi connectivity index (χ1v) is 5.88. The van der Waals surface area contributed by atoms with Crippen LogP contribution in [0.4, 0.5) is 4.39 Å². The van der Waals surface area contributed by atoms with Crippen LogP contribution in [0.5, 0.6) is 0 Å². The molecule has 2 bridgehead atoms. The van der Waals surface area contributed by atoms with Gasteiger partial charge in [-0.3, -0.25) is 0 Å². The van der Waals surface area contributed by atoms with E-state index < -0.39 is 17.6 Å². The molecule has 0 radical (unpaired) electrons. The highest BCUT2D eigenvalue weighted by atomic mass is 19.1. The predicted molar refractivity (Wildman–Crippen MR) is 59.8 cm³/mol. The summed E-state index contributed by atoms with van der Waals surface area (Å²) in [5.74, 6) is -0.534. The second-order valence-electron chi connectivity index (χ2n) is 5.83. The van der Waals surface area contributed by atoms with E-state index in [0.29, 0.717) is 12.3 Å². The van der Waals surface area contributed by atoms with Crippen LogP contribution in [0, 0.1) is 16.7 Å². The number of rotatable bonds is 2. The van der Waals surface area contributed by atoms with Crippen molar-refractivity contribution < 1.29 is 14.3 Å². The summed E-state index contributed by atoms with van der Waals surface area (Å²) in [7, 11) is 0. The molecule has 2 aliphatic carbocycles. The van der Waals surface area contributed by atoms with Crippen molar-refractivity contribution in [1.82, 2.24) is 0 Å². The van der Waals surface area contributed by atoms with Crippen molar-refractivity contribution in [1.29, 1.82) is 0 Å². The maximum absolute atomic E-state index is 14.2. The van der Waals surface area contributed by atoms with Crippen LogP contribution in [0.1, 0.15) is 40.0 Å². The molecule has 2 saturated carbocycles. The van der Waals surface area contributed by atoms with Crippen LogP contribution < -0.4 is 0 Å². The molecule has 0 spiro atoms. The van der Waals surface area contributed by atoms with Crippen molar-refractivity contribution in [3.63, 3.8) is 0 Å². The average molecular weight is 226 g/mol. The van der Waals surface area contributed by atoms with E-state index in [1.165, 1.54) is 0 Å². The van der Waals surface area contributed by atoms with Gasteiger partial charge in [0.1, 0.15) is 6.17 Å². The Morgan fingerprint density at radius 3 is 2.50 bits per heavy atom. The third kappa shape index (κ3) is 1.26. The van der Waals surface area contributed by atoms with Gasteiger partial charge in [-0.25, -0.2) is 9.18 Å². The number of allylic oxidation sites excluding steroid dienone is 1. The predicted octanol–water partition coefficient (Wildman–Crippen LogP) is 3.18. The van der Waals surface area contributed by atoms with Crippen molar-refractivity contribution in [2.24, 2.45) is 16.7 Å². The molecule has 3 atom stereocenters. The summed E-state index contributed by atoms with van der Waals surface area (Å²) in [5.41, 5.74) is -0.373. The number of alkyl halides is 1. The number of halogens is 1. The molecule has 0 saturated heterocycles. The molecule has 0 aromatic carbocycles. The number of carbonyl (C=O) groups is 1. The Balaban J connectivity index is 2.43. The van der Waals surface area contributed by atoms with Crippen LogP contribution in [-0.4, -0.2) is 17.2 Å². The van der Waals surface area contributed by atoms with Crippen LogP contribution >= 0.6 is 0 Å². The lowest BCUT2D eigenvalue weighted by Crippen LogP contribution is -2.35. The molecular weight excluding hydrogens is 207 g/mol. The number of carboxylic acids is 1. The van der Waals surface area contributed by atoms with Crippen LogP contribution in [0.25, 0.3) is 0 Å². The summed E-state index contributed by atoms with van der Waals surface area (Å²) < 4.78 is 14.2. The van der Waals surface area contributed by atoms with Gasteiger partial charge in [0, 0.05) is 11.0 Å². The Hall–Kier alpha value is -0.860. The van der Waals surface area contributed by atoms with Crippen molar-refractivity contribution in [2.45, 2.75) is 46.2 Å². The molecule has 0 aromatic rings. The smallest absolute Gasteiger partial charge is 0.330 e. The summed E-state index contributed by atoms with van der Waals surface area (Å²) >= 11 is 0. The lowest BCUT2D eigenvalue weighted by atomic mass is 9.68. The molecule has 1 N–H and O–H groups in total. The van der Waals surface area contributed by atoms with Gasteiger partial charge >= 0.3 is 5.97 Å². The van der Waals surface area contributed by atoms with Gasteiger partial charge < -0.3 is 5.11 Å². The molecule has 0 heterocycles. The van der Waals surface area contributed by atoms with Gasteiger partial charge in [-0.1, -0.05) is 19.9 Å². The fourth-order valence-corrected chi connectivity index (χ4v) is 3.71. The molecule has 2 fully saturated rings. The highest BCUT2D eigenvalue weighted by Crippen LogP contribution is 2.67. The first-order valence-electron chi connectivity index (χ1n) is 5.88. The number of hydrogen-bond donors (Lipinski definition) is 1. The molecule has 2 aliphatic rings. The van der Waals surface area contributed by atoms with Gasteiger partial charge in [-0.2, -0.15) is 0 Å². The van der Waals surface area contributed by atoms with E-state index in [2.05, 4.69) is 13.8 Å². The molecule has 2 rings (SSSR count). The lowest BCUT2D eigenvalue weighted by molar-refractivity contribution is -0.132. The van der Waals surface area contributed by atoms with E-state index >= 15 is 0 Å². The lowest BCUT2D eigenvalue weighted by Gasteiger charge is -2.37. The van der Waals surface area contributed by atoms with Crippen molar-refractivity contribution >= 4 is 5.97 Å². The van der Waals surface area contributed by atoms with E-state index in [0.717, 1.165) is 12.8 Å². The SMILES string of the molecule is C/C(=C\C12CCC(CC1F)C2(C)C)C(=O)O. The van der Waals surface area contributed by atoms with Gasteiger partial charge in [0.05, 0.1) is 0 Å². The highest BCUT2D eigenvalue weighted by molar-refractivity contribution is 5.86. The molecule has 16 heavy (non-hydrogen) atoms. The van der Waals surface area contributed by atoms with Crippen LogP contribution in [-0.2, 0) is 4.79 Å². The van der Waals surface area contributed by atoms with Gasteiger partial charge in [0.15, 0.2) is 0 Å². The van der Waals surface area contributed by atoms with E-state index in [1.54, 1.807) is 13.0 Å². The summed E-state index contributed by atoms with van der Waals surface area (Å²) in [6.07, 6.45) is 3.21. The zero-order chi connectivity index (χ0) is 12.1. The maximum atomic E-state index is 14.2.